The molecule has 8 heteroatoms. The second kappa shape index (κ2) is 9.49. The normalized spacial score (nSPS) is 15.1. The number of nitrogens with one attached hydrogen (secondary N) is 2. The third kappa shape index (κ3) is 5.06. The highest BCUT2D eigenvalue weighted by atomic mass is 35.5. The topological polar surface area (TPSA) is 80.3 Å². The van der Waals surface area contributed by atoms with Crippen molar-refractivity contribution in [2.75, 3.05) is 12.4 Å². The average Bonchev–Trinajstić information content (AvgIpc) is 3.20. The van der Waals surface area contributed by atoms with Crippen LogP contribution in [0.25, 0.3) is 0 Å². The number of halogens is 1. The lowest BCUT2D eigenvalue weighted by Gasteiger charge is -2.20. The van der Waals surface area contributed by atoms with E-state index in [9.17, 15) is 9.59 Å². The van der Waals surface area contributed by atoms with Gasteiger partial charge < -0.3 is 10.1 Å². The molecule has 31 heavy (non-hydrogen) atoms. The lowest BCUT2D eigenvalue weighted by molar-refractivity contribution is -0.123. The number of nitrogens with zero attached hydrogens (tertiary/aromatic N) is 1. The average molecular weight is 456 g/mol. The highest BCUT2D eigenvalue weighted by Gasteiger charge is 2.30. The number of carbonyl (C=O) groups excluding carboxylic acids is 2. The lowest BCUT2D eigenvalue weighted by atomic mass is 9.90. The van der Waals surface area contributed by atoms with Gasteiger partial charge in [0, 0.05) is 22.0 Å². The van der Waals surface area contributed by atoms with Crippen LogP contribution in [0.3, 0.4) is 0 Å². The van der Waals surface area contributed by atoms with Gasteiger partial charge in [0.25, 0.3) is 5.91 Å². The van der Waals surface area contributed by atoms with Gasteiger partial charge in [-0.05, 0) is 61.2 Å². The number of benzene rings is 2. The van der Waals surface area contributed by atoms with Crippen LogP contribution in [0.4, 0.5) is 5.13 Å². The molecule has 1 heterocycles. The molecule has 2 amide bonds. The van der Waals surface area contributed by atoms with E-state index in [0.717, 1.165) is 41.1 Å². The van der Waals surface area contributed by atoms with Crippen molar-refractivity contribution < 1.29 is 14.3 Å². The molecule has 3 aromatic rings. The zero-order valence-electron chi connectivity index (χ0n) is 17.0. The number of fused-ring (bicyclic) bond motifs is 1. The number of aromatic nitrogens is 1. The van der Waals surface area contributed by atoms with Crippen LogP contribution in [0.2, 0.25) is 5.02 Å². The first kappa shape index (κ1) is 21.3. The molecule has 160 valence electrons. The summed E-state index contributed by atoms with van der Waals surface area (Å²) >= 11 is 7.32. The summed E-state index contributed by atoms with van der Waals surface area (Å²) in [6, 6.07) is 14.3. The van der Waals surface area contributed by atoms with E-state index in [0.29, 0.717) is 22.3 Å². The standard InChI is InChI=1S/C23H22ClN3O3S/c1-30-17-11-5-14(6-12-17)13-25-22(29)18-3-2-4-19-20(18)26-23(31-19)27-21(28)15-7-9-16(24)10-8-15/h5-12,18H,2-4,13H2,1H3,(H,25,29)(H,26,27,28). The molecule has 1 aliphatic carbocycles. The predicted octanol–water partition coefficient (Wildman–Crippen LogP) is 4.79. The van der Waals surface area contributed by atoms with Crippen molar-refractivity contribution in [1.82, 2.24) is 10.3 Å². The first-order valence-corrected chi connectivity index (χ1v) is 11.2. The molecule has 2 N–H and O–H groups in total. The molecule has 0 spiro atoms. The van der Waals surface area contributed by atoms with Crippen LogP contribution in [-0.4, -0.2) is 23.9 Å². The highest BCUT2D eigenvalue weighted by molar-refractivity contribution is 7.16. The van der Waals surface area contributed by atoms with Crippen molar-refractivity contribution in [3.63, 3.8) is 0 Å². The number of anilines is 1. The Hall–Kier alpha value is -2.90. The van der Waals surface area contributed by atoms with Crippen molar-refractivity contribution in [2.24, 2.45) is 0 Å². The Morgan fingerprint density at radius 1 is 1.16 bits per heavy atom. The smallest absolute Gasteiger partial charge is 0.257 e. The zero-order valence-corrected chi connectivity index (χ0v) is 18.6. The molecule has 1 aliphatic rings. The van der Waals surface area contributed by atoms with Gasteiger partial charge in [-0.2, -0.15) is 0 Å². The third-order valence-electron chi connectivity index (χ3n) is 5.22. The van der Waals surface area contributed by atoms with Crippen molar-refractivity contribution in [3.05, 3.63) is 75.3 Å². The lowest BCUT2D eigenvalue weighted by Crippen LogP contribution is -2.31. The molecule has 1 atom stereocenters. The van der Waals surface area contributed by atoms with Gasteiger partial charge in [0.2, 0.25) is 5.91 Å². The Balaban J connectivity index is 1.42. The van der Waals surface area contributed by atoms with Crippen molar-refractivity contribution in [2.45, 2.75) is 31.7 Å². The van der Waals surface area contributed by atoms with Crippen molar-refractivity contribution >= 4 is 39.9 Å². The first-order valence-electron chi connectivity index (χ1n) is 10.0. The van der Waals surface area contributed by atoms with E-state index < -0.39 is 0 Å². The van der Waals surface area contributed by atoms with Gasteiger partial charge in [0.1, 0.15) is 5.75 Å². The molecule has 0 radical (unpaired) electrons. The summed E-state index contributed by atoms with van der Waals surface area (Å²) in [6.07, 6.45) is 2.53. The van der Waals surface area contributed by atoms with E-state index in [2.05, 4.69) is 15.6 Å². The fourth-order valence-electron chi connectivity index (χ4n) is 3.55. The number of hydrogen-bond acceptors (Lipinski definition) is 5. The Bertz CT molecular complexity index is 1080. The van der Waals surface area contributed by atoms with Crippen LogP contribution in [0.15, 0.2) is 48.5 Å². The Labute approximate surface area is 189 Å². The summed E-state index contributed by atoms with van der Waals surface area (Å²) in [5.74, 6) is 0.183. The fraction of sp³-hybridized carbons (Fsp3) is 0.261. The quantitative estimate of drug-likeness (QED) is 0.559. The molecule has 0 saturated carbocycles. The minimum absolute atomic E-state index is 0.0438. The number of ether oxygens (including phenoxy) is 1. The molecule has 0 bridgehead atoms. The number of hydrogen-bond donors (Lipinski definition) is 2. The maximum Gasteiger partial charge on any atom is 0.257 e. The molecule has 0 saturated heterocycles. The molecule has 4 rings (SSSR count). The monoisotopic (exact) mass is 455 g/mol. The van der Waals surface area contributed by atoms with Gasteiger partial charge in [0.15, 0.2) is 5.13 Å². The Morgan fingerprint density at radius 2 is 1.90 bits per heavy atom. The zero-order chi connectivity index (χ0) is 21.8. The Kier molecular flexibility index (Phi) is 6.53. The third-order valence-corrected chi connectivity index (χ3v) is 6.52. The van der Waals surface area contributed by atoms with E-state index >= 15 is 0 Å². The van der Waals surface area contributed by atoms with Crippen LogP contribution < -0.4 is 15.4 Å². The number of carbonyl (C=O) groups is 2. The van der Waals surface area contributed by atoms with Crippen LogP contribution >= 0.6 is 22.9 Å². The molecule has 0 aliphatic heterocycles. The van der Waals surface area contributed by atoms with Gasteiger partial charge >= 0.3 is 0 Å². The highest BCUT2D eigenvalue weighted by Crippen LogP contribution is 2.37. The summed E-state index contributed by atoms with van der Waals surface area (Å²) in [6.45, 7) is 0.443. The second-order valence-corrected chi connectivity index (χ2v) is 8.82. The van der Waals surface area contributed by atoms with Crippen molar-refractivity contribution in [3.8, 4) is 5.75 Å². The van der Waals surface area contributed by atoms with Crippen LogP contribution in [-0.2, 0) is 17.8 Å². The number of amides is 2. The maximum absolute atomic E-state index is 12.9. The van der Waals surface area contributed by atoms with Crippen LogP contribution in [0, 0.1) is 0 Å². The van der Waals surface area contributed by atoms with E-state index in [1.165, 1.54) is 11.3 Å². The number of aryl methyl sites for hydroxylation is 1. The second-order valence-electron chi connectivity index (χ2n) is 7.30. The van der Waals surface area contributed by atoms with Gasteiger partial charge in [-0.3, -0.25) is 14.9 Å². The molecule has 1 aromatic heterocycles. The predicted molar refractivity (Wildman–Crippen MR) is 122 cm³/mol. The number of rotatable bonds is 6. The molecule has 6 nitrogen and oxygen atoms in total. The van der Waals surface area contributed by atoms with Crippen molar-refractivity contribution in [1.29, 1.82) is 0 Å². The first-order chi connectivity index (χ1) is 15.0. The molecular formula is C23H22ClN3O3S. The number of methoxy groups -OCH3 is 1. The Morgan fingerprint density at radius 3 is 2.61 bits per heavy atom. The summed E-state index contributed by atoms with van der Waals surface area (Å²) in [5, 5.41) is 6.95. The van der Waals surface area contributed by atoms with Crippen LogP contribution in [0.5, 0.6) is 5.75 Å². The fourth-order valence-corrected chi connectivity index (χ4v) is 4.74. The summed E-state index contributed by atoms with van der Waals surface area (Å²) < 4.78 is 5.16. The van der Waals surface area contributed by atoms with Gasteiger partial charge in [0.05, 0.1) is 18.7 Å². The SMILES string of the molecule is COc1ccc(CNC(=O)C2CCCc3sc(NC(=O)c4ccc(Cl)cc4)nc32)cc1. The van der Waals surface area contributed by atoms with Gasteiger partial charge in [-0.25, -0.2) is 4.98 Å². The molecule has 1 unspecified atom stereocenters. The number of thiazole rings is 1. The maximum atomic E-state index is 12.9. The molecule has 0 fully saturated rings. The van der Waals surface area contributed by atoms with E-state index in [1.54, 1.807) is 31.4 Å². The largest absolute Gasteiger partial charge is 0.497 e. The molecule has 2 aromatic carbocycles. The van der Waals surface area contributed by atoms with E-state index in [-0.39, 0.29) is 17.7 Å². The van der Waals surface area contributed by atoms with Gasteiger partial charge in [-0.1, -0.05) is 23.7 Å². The minimum Gasteiger partial charge on any atom is -0.497 e. The summed E-state index contributed by atoms with van der Waals surface area (Å²) in [5.41, 5.74) is 2.28. The van der Waals surface area contributed by atoms with Crippen LogP contribution in [0.1, 0.15) is 45.3 Å². The minimum atomic E-state index is -0.306. The van der Waals surface area contributed by atoms with E-state index in [4.69, 9.17) is 16.3 Å². The summed E-state index contributed by atoms with van der Waals surface area (Å²) in [4.78, 5) is 31.0. The summed E-state index contributed by atoms with van der Waals surface area (Å²) in [7, 11) is 1.62. The van der Waals surface area contributed by atoms with E-state index in [1.807, 2.05) is 24.3 Å². The molecular weight excluding hydrogens is 434 g/mol. The van der Waals surface area contributed by atoms with Gasteiger partial charge in [-0.15, -0.1) is 11.3 Å².